The van der Waals surface area contributed by atoms with Crippen LogP contribution in [0.3, 0.4) is 0 Å². The molecule has 2 aromatic rings. The third-order valence-electron chi connectivity index (χ3n) is 3.15. The van der Waals surface area contributed by atoms with Gasteiger partial charge >= 0.3 is 5.97 Å². The third kappa shape index (κ3) is 2.36. The quantitative estimate of drug-likeness (QED) is 0.723. The van der Waals surface area contributed by atoms with Crippen molar-refractivity contribution in [3.63, 3.8) is 0 Å². The largest absolute Gasteiger partial charge is 0.475 e. The zero-order chi connectivity index (χ0) is 13.2. The molecular weight excluding hydrogens is 240 g/mol. The van der Waals surface area contributed by atoms with E-state index in [1.54, 1.807) is 0 Å². The van der Waals surface area contributed by atoms with Gasteiger partial charge in [-0.15, -0.1) is 0 Å². The highest BCUT2D eigenvalue weighted by molar-refractivity contribution is 5.86. The number of hydrogen-bond acceptors (Lipinski definition) is 2. The van der Waals surface area contributed by atoms with Gasteiger partial charge in [0.1, 0.15) is 6.26 Å². The molecule has 3 nitrogen and oxygen atoms in total. The van der Waals surface area contributed by atoms with E-state index in [4.69, 9.17) is 5.11 Å². The fourth-order valence-corrected chi connectivity index (χ4v) is 2.21. The van der Waals surface area contributed by atoms with Gasteiger partial charge in [0.2, 0.25) is 5.76 Å². The first-order chi connectivity index (χ1) is 9.25. The van der Waals surface area contributed by atoms with Crippen LogP contribution in [0.4, 0.5) is 0 Å². The first-order valence-electron chi connectivity index (χ1n) is 6.02. The topological polar surface area (TPSA) is 49.8 Å². The van der Waals surface area contributed by atoms with E-state index in [-0.39, 0.29) is 5.76 Å². The summed E-state index contributed by atoms with van der Waals surface area (Å²) in [6.45, 7) is 0. The summed E-state index contributed by atoms with van der Waals surface area (Å²) in [5.41, 5.74) is 5.75. The van der Waals surface area contributed by atoms with Gasteiger partial charge in [-0.2, -0.15) is 0 Å². The van der Waals surface area contributed by atoms with E-state index >= 15 is 0 Å². The molecule has 0 fully saturated rings. The predicted molar refractivity (Wildman–Crippen MR) is 71.5 cm³/mol. The molecule has 2 aliphatic rings. The van der Waals surface area contributed by atoms with E-state index in [2.05, 4.69) is 53.3 Å². The summed E-state index contributed by atoms with van der Waals surface area (Å²) in [7, 11) is 0. The Hall–Kier alpha value is -2.55. The molecule has 1 aliphatic heterocycles. The van der Waals surface area contributed by atoms with E-state index < -0.39 is 5.97 Å². The lowest BCUT2D eigenvalue weighted by molar-refractivity contribution is -0.133. The Kier molecular flexibility index (Phi) is 2.80. The molecule has 0 bridgehead atoms. The Bertz CT molecular complexity index is 628. The molecule has 3 heteroatoms. The van der Waals surface area contributed by atoms with Crippen molar-refractivity contribution in [1.29, 1.82) is 0 Å². The average molecular weight is 252 g/mol. The van der Waals surface area contributed by atoms with Crippen LogP contribution in [-0.2, 0) is 16.0 Å². The minimum atomic E-state index is -0.991. The molecule has 0 aromatic heterocycles. The predicted octanol–water partition coefficient (Wildman–Crippen LogP) is 3.20. The molecule has 0 saturated carbocycles. The van der Waals surface area contributed by atoms with Crippen molar-refractivity contribution in [2.45, 2.75) is 6.42 Å². The summed E-state index contributed by atoms with van der Waals surface area (Å²) in [6, 6.07) is 17.3. The van der Waals surface area contributed by atoms with Crippen molar-refractivity contribution in [1.82, 2.24) is 0 Å². The summed E-state index contributed by atoms with van der Waals surface area (Å²) < 4.78 is 4.16. The van der Waals surface area contributed by atoms with E-state index in [1.165, 1.54) is 28.5 Å². The van der Waals surface area contributed by atoms with Crippen LogP contribution in [-0.4, -0.2) is 11.1 Å². The van der Waals surface area contributed by atoms with Gasteiger partial charge in [-0.1, -0.05) is 48.5 Å². The first-order valence-corrected chi connectivity index (χ1v) is 6.02. The Morgan fingerprint density at radius 2 is 1.42 bits per heavy atom. The van der Waals surface area contributed by atoms with Gasteiger partial charge < -0.3 is 9.84 Å². The molecule has 2 aromatic carbocycles. The Morgan fingerprint density at radius 3 is 1.79 bits per heavy atom. The molecule has 0 spiro atoms. The summed E-state index contributed by atoms with van der Waals surface area (Å²) in [6.07, 6.45) is 2.29. The van der Waals surface area contributed by atoms with Crippen LogP contribution in [0.2, 0.25) is 0 Å². The summed E-state index contributed by atoms with van der Waals surface area (Å²) in [5.74, 6) is -0.940. The van der Waals surface area contributed by atoms with Gasteiger partial charge in [-0.3, -0.25) is 0 Å². The number of hydrogen-bond donors (Lipinski definition) is 1. The number of ether oxygens (including phenoxy) is 1. The summed E-state index contributed by atoms with van der Waals surface area (Å²) >= 11 is 0. The van der Waals surface area contributed by atoms with E-state index in [0.717, 1.165) is 6.42 Å². The summed E-state index contributed by atoms with van der Waals surface area (Å²) in [5, 5.41) is 7.86. The molecule has 0 amide bonds. The van der Waals surface area contributed by atoms with Gasteiger partial charge in [0.05, 0.1) is 0 Å². The van der Waals surface area contributed by atoms with Crippen molar-refractivity contribution in [2.75, 3.05) is 0 Å². The lowest BCUT2D eigenvalue weighted by atomic mass is 10.1. The number of benzene rings is 2. The Balaban J connectivity index is 0.000000155. The van der Waals surface area contributed by atoms with Crippen LogP contribution in [0.25, 0.3) is 11.1 Å². The second-order valence-electron chi connectivity index (χ2n) is 4.40. The van der Waals surface area contributed by atoms with Crippen LogP contribution in [0.15, 0.2) is 60.6 Å². The van der Waals surface area contributed by atoms with Crippen molar-refractivity contribution in [2.24, 2.45) is 0 Å². The fourth-order valence-electron chi connectivity index (χ4n) is 2.21. The molecular formula is C16H12O3. The van der Waals surface area contributed by atoms with Crippen LogP contribution >= 0.6 is 0 Å². The van der Waals surface area contributed by atoms with Crippen molar-refractivity contribution >= 4 is 5.97 Å². The maximum absolute atomic E-state index is 9.57. The van der Waals surface area contributed by atoms with Gasteiger partial charge in [0.25, 0.3) is 0 Å². The molecule has 19 heavy (non-hydrogen) atoms. The Morgan fingerprint density at radius 1 is 0.947 bits per heavy atom. The van der Waals surface area contributed by atoms with Crippen LogP contribution in [0.1, 0.15) is 11.1 Å². The molecule has 1 aliphatic carbocycles. The number of aliphatic carboxylic acids is 1. The average Bonchev–Trinajstić information content (AvgIpc) is 3.21. The number of rotatable bonds is 1. The van der Waals surface area contributed by atoms with E-state index in [1.807, 2.05) is 0 Å². The molecule has 1 N–H and O–H groups in total. The van der Waals surface area contributed by atoms with Crippen molar-refractivity contribution < 1.29 is 14.6 Å². The number of carbonyl (C=O) groups is 1. The molecule has 0 saturated heterocycles. The normalized spacial score (nSPS) is 13.2. The van der Waals surface area contributed by atoms with Gasteiger partial charge in [-0.05, 0) is 28.7 Å². The molecule has 0 atom stereocenters. The van der Waals surface area contributed by atoms with Crippen LogP contribution in [0, 0.1) is 0 Å². The van der Waals surface area contributed by atoms with E-state index in [0.29, 0.717) is 0 Å². The highest BCUT2D eigenvalue weighted by Gasteiger charge is 2.18. The zero-order valence-electron chi connectivity index (χ0n) is 10.2. The molecule has 4 rings (SSSR count). The standard InChI is InChI=1S/C13H10.C3H2O3/c1-3-7-12-10(5-1)9-11-6-2-4-8-13(11)12;4-3(5)2-1-6-2/h1-8H,9H2;1H,(H,4,5). The van der Waals surface area contributed by atoms with Crippen molar-refractivity contribution in [3.05, 3.63) is 71.7 Å². The number of carboxylic acids is 1. The highest BCUT2D eigenvalue weighted by atomic mass is 16.6. The highest BCUT2D eigenvalue weighted by Crippen LogP contribution is 2.35. The van der Waals surface area contributed by atoms with Gasteiger partial charge in [0, 0.05) is 0 Å². The van der Waals surface area contributed by atoms with Crippen LogP contribution < -0.4 is 0 Å². The number of fused-ring (bicyclic) bond motifs is 3. The number of carboxylic acid groups (broad SMARTS) is 1. The van der Waals surface area contributed by atoms with Crippen LogP contribution in [0.5, 0.6) is 0 Å². The lowest BCUT2D eigenvalue weighted by Gasteiger charge is -1.98. The molecule has 94 valence electrons. The minimum absolute atomic E-state index is 0.0509. The second kappa shape index (κ2) is 4.61. The molecule has 0 radical (unpaired) electrons. The third-order valence-corrected chi connectivity index (χ3v) is 3.15. The van der Waals surface area contributed by atoms with E-state index in [9.17, 15) is 4.79 Å². The van der Waals surface area contributed by atoms with Gasteiger partial charge in [-0.25, -0.2) is 4.79 Å². The summed E-state index contributed by atoms with van der Waals surface area (Å²) in [4.78, 5) is 9.57. The zero-order valence-corrected chi connectivity index (χ0v) is 10.2. The maximum Gasteiger partial charge on any atom is 0.375 e. The Labute approximate surface area is 110 Å². The molecule has 0 unspecified atom stereocenters. The first kappa shape index (κ1) is 11.5. The smallest absolute Gasteiger partial charge is 0.375 e. The van der Waals surface area contributed by atoms with Gasteiger partial charge in [0.15, 0.2) is 0 Å². The van der Waals surface area contributed by atoms with Crippen molar-refractivity contribution in [3.8, 4) is 11.1 Å². The SMILES string of the molecule is O=C(O)C1=CO1.c1ccc2c(c1)Cc1ccccc1-2. The second-order valence-corrected chi connectivity index (χ2v) is 4.40. The lowest BCUT2D eigenvalue weighted by Crippen LogP contribution is -1.88. The fraction of sp³-hybridized carbons (Fsp3) is 0.0625. The maximum atomic E-state index is 9.57. The molecule has 1 heterocycles. The minimum Gasteiger partial charge on any atom is -0.475 e. The monoisotopic (exact) mass is 252 g/mol.